The first-order chi connectivity index (χ1) is 11.7. The van der Waals surface area contributed by atoms with E-state index in [2.05, 4.69) is 0 Å². The molecule has 0 amide bonds. The number of allylic oxidation sites excluding steroid dienone is 1. The summed E-state index contributed by atoms with van der Waals surface area (Å²) in [6.45, 7) is 5.62. The molecule has 0 atom stereocenters. The second-order valence-corrected chi connectivity index (χ2v) is 8.37. The molecule has 0 unspecified atom stereocenters. The van der Waals surface area contributed by atoms with E-state index in [1.807, 2.05) is 32.9 Å². The fourth-order valence-corrected chi connectivity index (χ4v) is 5.04. The number of rotatable bonds is 3. The van der Waals surface area contributed by atoms with E-state index in [1.54, 1.807) is 19.2 Å². The van der Waals surface area contributed by atoms with Gasteiger partial charge in [-0.2, -0.15) is 0 Å². The Morgan fingerprint density at radius 2 is 1.72 bits per heavy atom. The molecule has 1 aliphatic heterocycles. The average Bonchev–Trinajstić information content (AvgIpc) is 2.54. The van der Waals surface area contributed by atoms with Crippen LogP contribution in [0.25, 0.3) is 5.57 Å². The Kier molecular flexibility index (Phi) is 4.11. The quantitative estimate of drug-likeness (QED) is 0.822. The van der Waals surface area contributed by atoms with E-state index in [0.717, 1.165) is 23.3 Å². The first-order valence-corrected chi connectivity index (χ1v) is 9.30. The van der Waals surface area contributed by atoms with Gasteiger partial charge in [0, 0.05) is 5.56 Å². The van der Waals surface area contributed by atoms with Crippen LogP contribution < -0.4 is 9.04 Å². The fourth-order valence-electron chi connectivity index (χ4n) is 3.26. The van der Waals surface area contributed by atoms with Crippen molar-refractivity contribution in [3.63, 3.8) is 0 Å². The van der Waals surface area contributed by atoms with Crippen molar-refractivity contribution in [1.29, 1.82) is 0 Å². The van der Waals surface area contributed by atoms with Crippen LogP contribution >= 0.6 is 0 Å². The molecule has 2 aromatic rings. The SMILES string of the molecule is COc1ccc2c(c1)C(C)=CC(C)(C)N2S(=O)(=O)c1ccc(F)cc1. The molecular weight excluding hydrogens is 341 g/mol. The highest BCUT2D eigenvalue weighted by Crippen LogP contribution is 2.43. The van der Waals surface area contributed by atoms with Crippen molar-refractivity contribution < 1.29 is 17.5 Å². The zero-order valence-electron chi connectivity index (χ0n) is 14.6. The first kappa shape index (κ1) is 17.5. The highest BCUT2D eigenvalue weighted by atomic mass is 32.2. The molecule has 3 rings (SSSR count). The van der Waals surface area contributed by atoms with Crippen LogP contribution in [-0.4, -0.2) is 21.1 Å². The van der Waals surface area contributed by atoms with Gasteiger partial charge in [-0.05, 0) is 68.8 Å². The van der Waals surface area contributed by atoms with Gasteiger partial charge in [-0.1, -0.05) is 6.08 Å². The van der Waals surface area contributed by atoms with Crippen LogP contribution in [0.2, 0.25) is 0 Å². The molecule has 132 valence electrons. The van der Waals surface area contributed by atoms with Crippen molar-refractivity contribution >= 4 is 21.3 Å². The third kappa shape index (κ3) is 2.91. The molecule has 0 aromatic heterocycles. The van der Waals surface area contributed by atoms with E-state index in [4.69, 9.17) is 4.74 Å². The van der Waals surface area contributed by atoms with E-state index in [0.29, 0.717) is 11.4 Å². The Labute approximate surface area is 147 Å². The Morgan fingerprint density at radius 3 is 2.32 bits per heavy atom. The third-order valence-corrected chi connectivity index (χ3v) is 6.31. The lowest BCUT2D eigenvalue weighted by atomic mass is 9.91. The predicted molar refractivity (Wildman–Crippen MR) is 96.8 cm³/mol. The molecule has 1 heterocycles. The van der Waals surface area contributed by atoms with Gasteiger partial charge >= 0.3 is 0 Å². The Bertz CT molecular complexity index is 947. The van der Waals surface area contributed by atoms with Crippen LogP contribution in [-0.2, 0) is 10.0 Å². The topological polar surface area (TPSA) is 46.6 Å². The molecule has 6 heteroatoms. The van der Waals surface area contributed by atoms with Gasteiger partial charge in [0.05, 0.1) is 23.2 Å². The van der Waals surface area contributed by atoms with Crippen molar-refractivity contribution in [3.05, 3.63) is 59.9 Å². The number of nitrogens with zero attached hydrogens (tertiary/aromatic N) is 1. The largest absolute Gasteiger partial charge is 0.497 e. The van der Waals surface area contributed by atoms with Crippen molar-refractivity contribution in [2.45, 2.75) is 31.2 Å². The summed E-state index contributed by atoms with van der Waals surface area (Å²) in [6.07, 6.45) is 1.91. The molecule has 0 bridgehead atoms. The number of hydrogen-bond acceptors (Lipinski definition) is 3. The van der Waals surface area contributed by atoms with Gasteiger partial charge < -0.3 is 4.74 Å². The summed E-state index contributed by atoms with van der Waals surface area (Å²) in [5.41, 5.74) is 1.59. The average molecular weight is 361 g/mol. The molecule has 0 fully saturated rings. The molecule has 2 aromatic carbocycles. The maximum atomic E-state index is 13.3. The minimum Gasteiger partial charge on any atom is -0.497 e. The summed E-state index contributed by atoms with van der Waals surface area (Å²) in [7, 11) is -2.29. The van der Waals surface area contributed by atoms with Gasteiger partial charge in [0.2, 0.25) is 0 Å². The van der Waals surface area contributed by atoms with E-state index in [9.17, 15) is 12.8 Å². The Morgan fingerprint density at radius 1 is 1.08 bits per heavy atom. The van der Waals surface area contributed by atoms with Gasteiger partial charge in [0.15, 0.2) is 0 Å². The number of anilines is 1. The molecule has 25 heavy (non-hydrogen) atoms. The zero-order chi connectivity index (χ0) is 18.4. The summed E-state index contributed by atoms with van der Waals surface area (Å²) < 4.78 is 46.4. The number of ether oxygens (including phenoxy) is 1. The summed E-state index contributed by atoms with van der Waals surface area (Å²) in [4.78, 5) is 0.0525. The lowest BCUT2D eigenvalue weighted by Crippen LogP contribution is -2.48. The zero-order valence-corrected chi connectivity index (χ0v) is 15.4. The summed E-state index contributed by atoms with van der Waals surface area (Å²) in [5.74, 6) is 0.183. The molecule has 0 radical (unpaired) electrons. The molecule has 0 saturated heterocycles. The van der Waals surface area contributed by atoms with Crippen LogP contribution in [0.5, 0.6) is 5.75 Å². The van der Waals surface area contributed by atoms with E-state index in [-0.39, 0.29) is 4.90 Å². The normalized spacial score (nSPS) is 16.2. The molecule has 0 spiro atoms. The Balaban J connectivity index is 2.23. The first-order valence-electron chi connectivity index (χ1n) is 7.86. The number of halogens is 1. The maximum absolute atomic E-state index is 13.3. The lowest BCUT2D eigenvalue weighted by Gasteiger charge is -2.42. The van der Waals surface area contributed by atoms with E-state index < -0.39 is 21.4 Å². The molecule has 0 saturated carbocycles. The summed E-state index contributed by atoms with van der Waals surface area (Å²) in [5, 5.41) is 0. The van der Waals surface area contributed by atoms with Gasteiger partial charge in [-0.25, -0.2) is 12.8 Å². The van der Waals surface area contributed by atoms with E-state index in [1.165, 1.54) is 16.4 Å². The van der Waals surface area contributed by atoms with Gasteiger partial charge in [0.25, 0.3) is 10.0 Å². The van der Waals surface area contributed by atoms with Crippen molar-refractivity contribution in [3.8, 4) is 5.75 Å². The number of hydrogen-bond donors (Lipinski definition) is 0. The number of methoxy groups -OCH3 is 1. The smallest absolute Gasteiger partial charge is 0.265 e. The minimum absolute atomic E-state index is 0.0525. The predicted octanol–water partition coefficient (Wildman–Crippen LogP) is 4.23. The van der Waals surface area contributed by atoms with Crippen molar-refractivity contribution in [2.24, 2.45) is 0 Å². The lowest BCUT2D eigenvalue weighted by molar-refractivity contribution is 0.414. The number of fused-ring (bicyclic) bond motifs is 1. The van der Waals surface area contributed by atoms with Crippen LogP contribution in [0, 0.1) is 5.82 Å². The van der Waals surface area contributed by atoms with Crippen LogP contribution in [0.15, 0.2) is 53.4 Å². The molecular formula is C19H20FNO3S. The standard InChI is InChI=1S/C19H20FNO3S/c1-13-12-19(2,3)21(18-10-7-15(24-4)11-17(13)18)25(22,23)16-8-5-14(20)6-9-16/h5-12H,1-4H3. The highest BCUT2D eigenvalue weighted by molar-refractivity contribution is 7.93. The van der Waals surface area contributed by atoms with Crippen molar-refractivity contribution in [2.75, 3.05) is 11.4 Å². The fraction of sp³-hybridized carbons (Fsp3) is 0.263. The second-order valence-electron chi connectivity index (χ2n) is 6.59. The molecule has 0 aliphatic carbocycles. The summed E-state index contributed by atoms with van der Waals surface area (Å²) >= 11 is 0. The summed E-state index contributed by atoms with van der Waals surface area (Å²) in [6, 6.07) is 10.2. The van der Waals surface area contributed by atoms with Gasteiger partial charge in [0.1, 0.15) is 11.6 Å². The maximum Gasteiger partial charge on any atom is 0.265 e. The van der Waals surface area contributed by atoms with Crippen molar-refractivity contribution in [1.82, 2.24) is 0 Å². The van der Waals surface area contributed by atoms with Gasteiger partial charge in [-0.3, -0.25) is 4.31 Å². The molecule has 1 aliphatic rings. The molecule has 4 nitrogen and oxygen atoms in total. The van der Waals surface area contributed by atoms with Crippen LogP contribution in [0.3, 0.4) is 0 Å². The van der Waals surface area contributed by atoms with E-state index >= 15 is 0 Å². The highest BCUT2D eigenvalue weighted by Gasteiger charge is 2.40. The number of sulfonamides is 1. The molecule has 0 N–H and O–H groups in total. The Hall–Kier alpha value is -2.34. The van der Waals surface area contributed by atoms with Gasteiger partial charge in [-0.15, -0.1) is 0 Å². The van der Waals surface area contributed by atoms with Crippen LogP contribution in [0.4, 0.5) is 10.1 Å². The monoisotopic (exact) mass is 361 g/mol. The number of benzene rings is 2. The second kappa shape index (κ2) is 5.88. The third-order valence-electron chi connectivity index (χ3n) is 4.29. The minimum atomic E-state index is -3.86. The van der Waals surface area contributed by atoms with Crippen LogP contribution in [0.1, 0.15) is 26.3 Å².